The number of primary amides is 1. The number of amides is 1. The summed E-state index contributed by atoms with van der Waals surface area (Å²) in [7, 11) is -3.26. The lowest BCUT2D eigenvalue weighted by Gasteiger charge is -2.24. The van der Waals surface area contributed by atoms with Gasteiger partial charge in [-0.3, -0.25) is 9.69 Å². The lowest BCUT2D eigenvalue weighted by atomic mass is 10.2. The molecule has 1 aliphatic rings. The van der Waals surface area contributed by atoms with E-state index in [2.05, 4.69) is 11.0 Å². The first-order valence-electron chi connectivity index (χ1n) is 7.80. The van der Waals surface area contributed by atoms with Gasteiger partial charge in [-0.25, -0.2) is 8.42 Å². The summed E-state index contributed by atoms with van der Waals surface area (Å²) in [5, 5.41) is 2.02. The fourth-order valence-corrected chi connectivity index (χ4v) is 4.56. The minimum atomic E-state index is -3.26. The van der Waals surface area contributed by atoms with Crippen molar-refractivity contribution < 1.29 is 17.9 Å². The third-order valence-corrected chi connectivity index (χ3v) is 6.32. The van der Waals surface area contributed by atoms with Gasteiger partial charge in [0, 0.05) is 37.5 Å². The molecule has 0 saturated carbocycles. The predicted molar refractivity (Wildman–Crippen MR) is 91.0 cm³/mol. The van der Waals surface area contributed by atoms with Crippen molar-refractivity contribution >= 4 is 27.1 Å². The Balaban J connectivity index is 1.89. The first kappa shape index (κ1) is 18.4. The molecule has 1 saturated heterocycles. The fourth-order valence-electron chi connectivity index (χ4n) is 2.56. The van der Waals surface area contributed by atoms with Crippen LogP contribution in [0.15, 0.2) is 17.5 Å². The summed E-state index contributed by atoms with van der Waals surface area (Å²) in [6.45, 7) is 2.69. The molecular formula is C15H24N2O4S2. The molecule has 0 aliphatic carbocycles. The average Bonchev–Trinajstić information content (AvgIpc) is 3.16. The van der Waals surface area contributed by atoms with E-state index in [9.17, 15) is 13.2 Å². The molecule has 130 valence electrons. The van der Waals surface area contributed by atoms with Crippen molar-refractivity contribution in [1.29, 1.82) is 0 Å². The normalized spacial score (nSPS) is 18.6. The zero-order valence-electron chi connectivity index (χ0n) is 13.1. The van der Waals surface area contributed by atoms with E-state index in [-0.39, 0.29) is 24.0 Å². The van der Waals surface area contributed by atoms with Crippen molar-refractivity contribution in [3.05, 3.63) is 22.4 Å². The molecular weight excluding hydrogens is 336 g/mol. The minimum absolute atomic E-state index is 0.0401. The quantitative estimate of drug-likeness (QED) is 0.673. The van der Waals surface area contributed by atoms with Crippen LogP contribution in [0.4, 0.5) is 0 Å². The number of rotatable bonds is 10. The summed E-state index contributed by atoms with van der Waals surface area (Å²) in [4.78, 5) is 14.1. The van der Waals surface area contributed by atoms with Crippen molar-refractivity contribution in [1.82, 2.24) is 4.90 Å². The Morgan fingerprint density at radius 3 is 2.87 bits per heavy atom. The number of hydrogen-bond donors (Lipinski definition) is 1. The monoisotopic (exact) mass is 360 g/mol. The third-order valence-electron chi connectivity index (χ3n) is 3.82. The maximum absolute atomic E-state index is 12.0. The summed E-state index contributed by atoms with van der Waals surface area (Å²) in [6, 6.07) is 4.04. The van der Waals surface area contributed by atoms with Crippen LogP contribution in [-0.2, 0) is 25.9 Å². The van der Waals surface area contributed by atoms with E-state index in [1.807, 2.05) is 11.4 Å². The van der Waals surface area contributed by atoms with Crippen molar-refractivity contribution in [2.75, 3.05) is 31.2 Å². The van der Waals surface area contributed by atoms with Crippen LogP contribution in [0.1, 0.15) is 24.1 Å². The van der Waals surface area contributed by atoms with Gasteiger partial charge in [0.2, 0.25) is 5.91 Å². The van der Waals surface area contributed by atoms with Crippen LogP contribution in [0.3, 0.4) is 0 Å². The number of nitrogens with zero attached hydrogens (tertiary/aromatic N) is 1. The van der Waals surface area contributed by atoms with E-state index in [1.165, 1.54) is 4.88 Å². The second-order valence-corrected chi connectivity index (χ2v) is 9.15. The van der Waals surface area contributed by atoms with Crippen molar-refractivity contribution in [2.45, 2.75) is 31.9 Å². The number of sulfone groups is 1. The van der Waals surface area contributed by atoms with E-state index in [0.717, 1.165) is 32.5 Å². The highest BCUT2D eigenvalue weighted by molar-refractivity contribution is 7.91. The Morgan fingerprint density at radius 2 is 2.26 bits per heavy atom. The molecule has 1 atom stereocenters. The molecule has 23 heavy (non-hydrogen) atoms. The number of carbonyl (C=O) groups is 1. The molecule has 1 aromatic rings. The van der Waals surface area contributed by atoms with E-state index in [4.69, 9.17) is 10.5 Å². The molecule has 0 bridgehead atoms. The van der Waals surface area contributed by atoms with E-state index in [0.29, 0.717) is 6.54 Å². The maximum atomic E-state index is 12.0. The van der Waals surface area contributed by atoms with Gasteiger partial charge in [-0.15, -0.1) is 11.3 Å². The van der Waals surface area contributed by atoms with Gasteiger partial charge >= 0.3 is 0 Å². The molecule has 1 amide bonds. The van der Waals surface area contributed by atoms with E-state index >= 15 is 0 Å². The molecule has 2 N–H and O–H groups in total. The molecule has 0 spiro atoms. The molecule has 8 heteroatoms. The van der Waals surface area contributed by atoms with Crippen molar-refractivity contribution in [3.8, 4) is 0 Å². The van der Waals surface area contributed by atoms with Gasteiger partial charge in [-0.2, -0.15) is 0 Å². The van der Waals surface area contributed by atoms with Crippen LogP contribution >= 0.6 is 11.3 Å². The van der Waals surface area contributed by atoms with Gasteiger partial charge < -0.3 is 10.5 Å². The lowest BCUT2D eigenvalue weighted by Crippen LogP contribution is -2.35. The summed E-state index contributed by atoms with van der Waals surface area (Å²) in [5.74, 6) is -0.712. The van der Waals surface area contributed by atoms with Gasteiger partial charge in [-0.1, -0.05) is 6.07 Å². The van der Waals surface area contributed by atoms with Crippen LogP contribution < -0.4 is 5.73 Å². The highest BCUT2D eigenvalue weighted by atomic mass is 32.2. The number of thiophene rings is 1. The molecule has 1 fully saturated rings. The topological polar surface area (TPSA) is 89.7 Å². The molecule has 0 radical (unpaired) electrons. The molecule has 2 heterocycles. The van der Waals surface area contributed by atoms with Crippen LogP contribution in [-0.4, -0.2) is 56.5 Å². The minimum Gasteiger partial charge on any atom is -0.377 e. The van der Waals surface area contributed by atoms with Gasteiger partial charge in [0.05, 0.1) is 17.6 Å². The zero-order valence-corrected chi connectivity index (χ0v) is 14.8. The van der Waals surface area contributed by atoms with Gasteiger partial charge in [0.1, 0.15) is 0 Å². The molecule has 6 nitrogen and oxygen atoms in total. The average molecular weight is 361 g/mol. The summed E-state index contributed by atoms with van der Waals surface area (Å²) in [5.41, 5.74) is 5.03. The fraction of sp³-hybridized carbons (Fsp3) is 0.667. The van der Waals surface area contributed by atoms with E-state index in [1.54, 1.807) is 11.3 Å². The number of hydrogen-bond acceptors (Lipinski definition) is 6. The summed E-state index contributed by atoms with van der Waals surface area (Å²) in [6.07, 6.45) is 2.16. The number of nitrogens with two attached hydrogens (primary N) is 1. The Hall–Kier alpha value is -0.960. The van der Waals surface area contributed by atoms with Crippen molar-refractivity contribution in [2.24, 2.45) is 5.73 Å². The van der Waals surface area contributed by atoms with Gasteiger partial charge in [-0.05, 0) is 24.3 Å². The van der Waals surface area contributed by atoms with Crippen LogP contribution in [0.25, 0.3) is 0 Å². The van der Waals surface area contributed by atoms with Crippen LogP contribution in [0.2, 0.25) is 0 Å². The largest absolute Gasteiger partial charge is 0.377 e. The van der Waals surface area contributed by atoms with Gasteiger partial charge in [0.15, 0.2) is 9.84 Å². The Kier molecular flexibility index (Phi) is 7.01. The maximum Gasteiger partial charge on any atom is 0.218 e. The molecule has 2 rings (SSSR count). The second kappa shape index (κ2) is 8.77. The molecule has 1 aliphatic heterocycles. The molecule has 1 aromatic heterocycles. The van der Waals surface area contributed by atoms with Crippen LogP contribution in [0, 0.1) is 0 Å². The highest BCUT2D eigenvalue weighted by Gasteiger charge is 2.21. The van der Waals surface area contributed by atoms with Gasteiger partial charge in [0.25, 0.3) is 0 Å². The second-order valence-electron chi connectivity index (χ2n) is 5.82. The van der Waals surface area contributed by atoms with Crippen molar-refractivity contribution in [3.63, 3.8) is 0 Å². The third kappa shape index (κ3) is 6.99. The number of ether oxygens (including phenoxy) is 1. The Morgan fingerprint density at radius 1 is 1.43 bits per heavy atom. The summed E-state index contributed by atoms with van der Waals surface area (Å²) < 4.78 is 29.7. The van der Waals surface area contributed by atoms with Crippen LogP contribution in [0.5, 0.6) is 0 Å². The zero-order chi connectivity index (χ0) is 16.7. The van der Waals surface area contributed by atoms with E-state index < -0.39 is 15.7 Å². The summed E-state index contributed by atoms with van der Waals surface area (Å²) >= 11 is 1.66. The highest BCUT2D eigenvalue weighted by Crippen LogP contribution is 2.17. The standard InChI is InChI=1S/C15H24N2O4S2/c16-15(18)5-9-23(19,20)10-6-17(11-13-3-1-7-21-13)12-14-4-2-8-22-14/h2,4,8,13H,1,3,5-7,9-12H2,(H2,16,18)/t13-/m0/s1. The first-order valence-corrected chi connectivity index (χ1v) is 10.5. The lowest BCUT2D eigenvalue weighted by molar-refractivity contribution is -0.117. The smallest absolute Gasteiger partial charge is 0.218 e. The first-order chi connectivity index (χ1) is 10.9. The molecule has 0 aromatic carbocycles. The number of carbonyl (C=O) groups excluding carboxylic acids is 1. The SMILES string of the molecule is NC(=O)CCS(=O)(=O)CCN(Cc1cccs1)C[C@@H]1CCCO1. The Bertz CT molecular complexity index is 581. The molecule has 0 unspecified atom stereocenters. The Labute approximate surface area is 141 Å². The predicted octanol–water partition coefficient (Wildman–Crippen LogP) is 1.02.